The summed E-state index contributed by atoms with van der Waals surface area (Å²) in [7, 11) is 1.83. The summed E-state index contributed by atoms with van der Waals surface area (Å²) in [5.41, 5.74) is 2.34. The molecule has 1 saturated heterocycles. The van der Waals surface area contributed by atoms with Crippen LogP contribution in [-0.2, 0) is 17.8 Å². The van der Waals surface area contributed by atoms with Crippen LogP contribution in [0.5, 0.6) is 0 Å². The summed E-state index contributed by atoms with van der Waals surface area (Å²) in [6.07, 6.45) is 4.22. The average Bonchev–Trinajstić information content (AvgIpc) is 3.32. The molecule has 4 heteroatoms. The summed E-state index contributed by atoms with van der Waals surface area (Å²) >= 11 is 0. The van der Waals surface area contributed by atoms with Crippen LogP contribution < -0.4 is 5.32 Å². The summed E-state index contributed by atoms with van der Waals surface area (Å²) in [4.78, 5) is 7.26. The number of aromatic nitrogens is 1. The Balaban J connectivity index is 1.55. The van der Waals surface area contributed by atoms with Crippen molar-refractivity contribution < 1.29 is 4.74 Å². The summed E-state index contributed by atoms with van der Waals surface area (Å²) < 4.78 is 5.59. The highest BCUT2D eigenvalue weighted by atomic mass is 16.5. The van der Waals surface area contributed by atoms with E-state index in [-0.39, 0.29) is 0 Å². The number of piperidine rings is 1. The highest BCUT2D eigenvalue weighted by Crippen LogP contribution is 2.21. The van der Waals surface area contributed by atoms with Crippen molar-refractivity contribution in [2.45, 2.75) is 51.4 Å². The number of nitrogens with one attached hydrogen (secondary N) is 1. The molecular weight excluding hydrogens is 262 g/mol. The number of hydrogen-bond donors (Lipinski definition) is 1. The van der Waals surface area contributed by atoms with Gasteiger partial charge >= 0.3 is 0 Å². The fraction of sp³-hybridized carbons (Fsp3) is 0.706. The molecule has 116 valence electrons. The molecule has 2 unspecified atom stereocenters. The van der Waals surface area contributed by atoms with Gasteiger partial charge in [0.2, 0.25) is 0 Å². The van der Waals surface area contributed by atoms with Gasteiger partial charge in [-0.3, -0.25) is 9.88 Å². The second-order valence-electron chi connectivity index (χ2n) is 6.55. The number of rotatable bonds is 6. The van der Waals surface area contributed by atoms with Crippen molar-refractivity contribution in [2.75, 3.05) is 20.2 Å². The van der Waals surface area contributed by atoms with Gasteiger partial charge in [-0.05, 0) is 43.9 Å². The minimum atomic E-state index is 0.360. The topological polar surface area (TPSA) is 37.4 Å². The van der Waals surface area contributed by atoms with E-state index >= 15 is 0 Å². The lowest BCUT2D eigenvalue weighted by Crippen LogP contribution is -2.43. The third-order valence-corrected chi connectivity index (χ3v) is 4.68. The Morgan fingerprint density at radius 1 is 1.29 bits per heavy atom. The van der Waals surface area contributed by atoms with Gasteiger partial charge in [-0.2, -0.15) is 0 Å². The molecule has 0 bridgehead atoms. The van der Waals surface area contributed by atoms with Crippen LogP contribution in [0, 0.1) is 5.92 Å². The Hall–Kier alpha value is -0.970. The molecule has 1 aliphatic carbocycles. The molecule has 21 heavy (non-hydrogen) atoms. The maximum atomic E-state index is 5.59. The lowest BCUT2D eigenvalue weighted by atomic mass is 9.96. The van der Waals surface area contributed by atoms with Crippen molar-refractivity contribution in [1.29, 1.82) is 0 Å². The van der Waals surface area contributed by atoms with Gasteiger partial charge in [-0.25, -0.2) is 0 Å². The van der Waals surface area contributed by atoms with Gasteiger partial charge in [0.25, 0.3) is 0 Å². The monoisotopic (exact) mass is 289 g/mol. The predicted octanol–water partition coefficient (Wildman–Crippen LogP) is 2.19. The Bertz CT molecular complexity index is 461. The molecule has 4 nitrogen and oxygen atoms in total. The molecule has 1 saturated carbocycles. The van der Waals surface area contributed by atoms with Crippen LogP contribution in [0.3, 0.4) is 0 Å². The Kier molecular flexibility index (Phi) is 4.88. The molecule has 2 heterocycles. The molecule has 0 amide bonds. The standard InChI is InChI=1S/C17H27N3O/c1-13-8-9-20(12-17(13)21-2)11-16-5-3-4-15(19-16)10-18-14-6-7-14/h3-5,13-14,17-18H,6-12H2,1-2H3. The molecule has 1 aromatic rings. The number of hydrogen-bond acceptors (Lipinski definition) is 4. The van der Waals surface area contributed by atoms with E-state index < -0.39 is 0 Å². The molecule has 3 rings (SSSR count). The summed E-state index contributed by atoms with van der Waals surface area (Å²) in [5, 5.41) is 3.53. The molecule has 2 aliphatic rings. The van der Waals surface area contributed by atoms with Crippen LogP contribution in [0.15, 0.2) is 18.2 Å². The van der Waals surface area contributed by atoms with E-state index in [1.54, 1.807) is 0 Å². The predicted molar refractivity (Wildman–Crippen MR) is 84.0 cm³/mol. The van der Waals surface area contributed by atoms with Crippen molar-refractivity contribution in [2.24, 2.45) is 5.92 Å². The van der Waals surface area contributed by atoms with E-state index in [1.165, 1.54) is 25.0 Å². The Labute approximate surface area is 127 Å². The molecule has 1 aromatic heterocycles. The molecule has 0 radical (unpaired) electrons. The highest BCUT2D eigenvalue weighted by molar-refractivity contribution is 5.11. The van der Waals surface area contributed by atoms with Crippen LogP contribution in [0.2, 0.25) is 0 Å². The van der Waals surface area contributed by atoms with Crippen LogP contribution in [0.1, 0.15) is 37.6 Å². The second kappa shape index (κ2) is 6.86. The fourth-order valence-corrected chi connectivity index (χ4v) is 3.03. The first-order chi connectivity index (χ1) is 10.2. The molecule has 0 spiro atoms. The van der Waals surface area contributed by atoms with E-state index in [9.17, 15) is 0 Å². The molecule has 2 fully saturated rings. The van der Waals surface area contributed by atoms with E-state index in [0.29, 0.717) is 12.0 Å². The molecule has 1 aliphatic heterocycles. The van der Waals surface area contributed by atoms with Crippen LogP contribution in [0.4, 0.5) is 0 Å². The number of ether oxygens (including phenoxy) is 1. The molecule has 2 atom stereocenters. The lowest BCUT2D eigenvalue weighted by molar-refractivity contribution is -0.00780. The number of nitrogens with zero attached hydrogens (tertiary/aromatic N) is 2. The average molecular weight is 289 g/mol. The first-order valence-corrected chi connectivity index (χ1v) is 8.18. The van der Waals surface area contributed by atoms with Crippen molar-refractivity contribution in [3.05, 3.63) is 29.6 Å². The summed E-state index contributed by atoms with van der Waals surface area (Å²) in [5.74, 6) is 0.660. The quantitative estimate of drug-likeness (QED) is 0.871. The van der Waals surface area contributed by atoms with Crippen molar-refractivity contribution >= 4 is 0 Å². The maximum Gasteiger partial charge on any atom is 0.0724 e. The van der Waals surface area contributed by atoms with Gasteiger partial charge < -0.3 is 10.1 Å². The zero-order valence-electron chi connectivity index (χ0n) is 13.2. The van der Waals surface area contributed by atoms with Crippen molar-refractivity contribution in [3.63, 3.8) is 0 Å². The summed E-state index contributed by atoms with van der Waals surface area (Å²) in [6, 6.07) is 7.13. The van der Waals surface area contributed by atoms with E-state index in [2.05, 4.69) is 35.3 Å². The van der Waals surface area contributed by atoms with Crippen LogP contribution >= 0.6 is 0 Å². The maximum absolute atomic E-state index is 5.59. The first-order valence-electron chi connectivity index (χ1n) is 8.18. The van der Waals surface area contributed by atoms with Crippen LogP contribution in [-0.4, -0.2) is 42.2 Å². The van der Waals surface area contributed by atoms with Crippen molar-refractivity contribution in [3.8, 4) is 0 Å². The third kappa shape index (κ3) is 4.25. The third-order valence-electron chi connectivity index (χ3n) is 4.68. The van der Waals surface area contributed by atoms with Gasteiger partial charge in [0, 0.05) is 32.8 Å². The smallest absolute Gasteiger partial charge is 0.0724 e. The van der Waals surface area contributed by atoms with Gasteiger partial charge in [0.15, 0.2) is 0 Å². The number of pyridine rings is 1. The molecule has 1 N–H and O–H groups in total. The fourth-order valence-electron chi connectivity index (χ4n) is 3.03. The normalized spacial score (nSPS) is 27.0. The SMILES string of the molecule is COC1CN(Cc2cccc(CNC3CC3)n2)CCC1C. The van der Waals surface area contributed by atoms with Crippen LogP contribution in [0.25, 0.3) is 0 Å². The minimum Gasteiger partial charge on any atom is -0.380 e. The van der Waals surface area contributed by atoms with Gasteiger partial charge in [0.05, 0.1) is 17.5 Å². The Morgan fingerprint density at radius 3 is 2.86 bits per heavy atom. The lowest BCUT2D eigenvalue weighted by Gasteiger charge is -2.36. The molecular formula is C17H27N3O. The van der Waals surface area contributed by atoms with E-state index in [4.69, 9.17) is 9.72 Å². The van der Waals surface area contributed by atoms with Gasteiger partial charge in [0.1, 0.15) is 0 Å². The summed E-state index contributed by atoms with van der Waals surface area (Å²) in [6.45, 7) is 6.28. The number of likely N-dealkylation sites (tertiary alicyclic amines) is 1. The highest BCUT2D eigenvalue weighted by Gasteiger charge is 2.26. The zero-order chi connectivity index (χ0) is 14.7. The van der Waals surface area contributed by atoms with Gasteiger partial charge in [-0.1, -0.05) is 13.0 Å². The largest absolute Gasteiger partial charge is 0.380 e. The number of methoxy groups -OCH3 is 1. The zero-order valence-corrected chi connectivity index (χ0v) is 13.2. The van der Waals surface area contributed by atoms with Crippen molar-refractivity contribution in [1.82, 2.24) is 15.2 Å². The van der Waals surface area contributed by atoms with E-state index in [1.807, 2.05) is 7.11 Å². The van der Waals surface area contributed by atoms with E-state index in [0.717, 1.165) is 37.9 Å². The minimum absolute atomic E-state index is 0.360. The molecule has 0 aromatic carbocycles. The Morgan fingerprint density at radius 2 is 2.10 bits per heavy atom. The first kappa shape index (κ1) is 14.9. The second-order valence-corrected chi connectivity index (χ2v) is 6.55. The van der Waals surface area contributed by atoms with Gasteiger partial charge in [-0.15, -0.1) is 0 Å².